The van der Waals surface area contributed by atoms with Crippen molar-refractivity contribution in [1.29, 1.82) is 0 Å². The first-order chi connectivity index (χ1) is 9.18. The quantitative estimate of drug-likeness (QED) is 0.730. The number of carboxylic acids is 1. The van der Waals surface area contributed by atoms with Gasteiger partial charge in [-0.25, -0.2) is 4.79 Å². The van der Waals surface area contributed by atoms with Gasteiger partial charge in [-0.05, 0) is 30.2 Å². The third-order valence-corrected chi connectivity index (χ3v) is 2.92. The third-order valence-electron chi connectivity index (χ3n) is 2.70. The van der Waals surface area contributed by atoms with Crippen LogP contribution in [-0.2, 0) is 6.18 Å². The van der Waals surface area contributed by atoms with E-state index < -0.39 is 41.0 Å². The summed E-state index contributed by atoms with van der Waals surface area (Å²) < 4.78 is 37.8. The van der Waals surface area contributed by atoms with Crippen LogP contribution >= 0.6 is 11.6 Å². The molecule has 0 radical (unpaired) electrons. The van der Waals surface area contributed by atoms with E-state index in [1.54, 1.807) is 0 Å². The van der Waals surface area contributed by atoms with E-state index in [2.05, 4.69) is 0 Å². The molecule has 1 rings (SSSR count). The molecule has 0 fully saturated rings. The maximum absolute atomic E-state index is 12.6. The molecule has 1 aromatic carbocycles. The van der Waals surface area contributed by atoms with Crippen LogP contribution in [0.1, 0.15) is 34.0 Å². The zero-order valence-electron chi connectivity index (χ0n) is 10.1. The van der Waals surface area contributed by atoms with E-state index in [1.807, 2.05) is 0 Å². The molecule has 0 aliphatic rings. The number of hydrogen-bond acceptors (Lipinski definition) is 3. The summed E-state index contributed by atoms with van der Waals surface area (Å²) in [4.78, 5) is 11.0. The molecule has 3 N–H and O–H groups in total. The number of carbonyl (C=O) groups is 1. The Balaban J connectivity index is 3.28. The number of aromatic carboxylic acids is 1. The van der Waals surface area contributed by atoms with Gasteiger partial charge in [0.2, 0.25) is 0 Å². The molecule has 0 heterocycles. The molecule has 20 heavy (non-hydrogen) atoms. The van der Waals surface area contributed by atoms with Crippen molar-refractivity contribution < 1.29 is 33.3 Å². The summed E-state index contributed by atoms with van der Waals surface area (Å²) in [6.07, 6.45) is -7.97. The fraction of sp³-hybridized carbons (Fsp3) is 0.417. The van der Waals surface area contributed by atoms with E-state index in [0.717, 1.165) is 6.07 Å². The van der Waals surface area contributed by atoms with Crippen LogP contribution in [0.5, 0.6) is 0 Å². The van der Waals surface area contributed by atoms with Crippen LogP contribution in [0.3, 0.4) is 0 Å². The van der Waals surface area contributed by atoms with Crippen molar-refractivity contribution in [1.82, 2.24) is 0 Å². The zero-order chi connectivity index (χ0) is 15.5. The molecule has 0 saturated heterocycles. The highest BCUT2D eigenvalue weighted by Crippen LogP contribution is 2.33. The number of carboxylic acid groups (broad SMARTS) is 1. The molecule has 112 valence electrons. The van der Waals surface area contributed by atoms with Gasteiger partial charge in [0.1, 0.15) is 6.10 Å². The van der Waals surface area contributed by atoms with Gasteiger partial charge < -0.3 is 15.3 Å². The minimum atomic E-state index is -4.68. The molecule has 8 heteroatoms. The Hall–Kier alpha value is -1.31. The Morgan fingerprint density at radius 2 is 1.90 bits per heavy atom. The molecule has 0 bridgehead atoms. The van der Waals surface area contributed by atoms with Crippen molar-refractivity contribution in [2.24, 2.45) is 0 Å². The number of alkyl halides is 4. The van der Waals surface area contributed by atoms with Crippen molar-refractivity contribution in [2.45, 2.75) is 24.8 Å². The Labute approximate surface area is 117 Å². The maximum atomic E-state index is 12.6. The zero-order valence-corrected chi connectivity index (χ0v) is 10.8. The summed E-state index contributed by atoms with van der Waals surface area (Å²) >= 11 is 5.37. The van der Waals surface area contributed by atoms with E-state index in [-0.39, 0.29) is 12.3 Å². The molecule has 0 aliphatic carbocycles. The van der Waals surface area contributed by atoms with Gasteiger partial charge >= 0.3 is 12.1 Å². The average Bonchev–Trinajstić information content (AvgIpc) is 2.36. The number of hydrogen-bond donors (Lipinski definition) is 3. The minimum absolute atomic E-state index is 0.0282. The van der Waals surface area contributed by atoms with Gasteiger partial charge in [0.15, 0.2) is 0 Å². The van der Waals surface area contributed by atoms with E-state index in [0.29, 0.717) is 12.1 Å². The molecule has 1 aromatic rings. The third kappa shape index (κ3) is 3.84. The molecule has 0 aromatic heterocycles. The first-order valence-electron chi connectivity index (χ1n) is 5.55. The lowest BCUT2D eigenvalue weighted by atomic mass is 9.95. The lowest BCUT2D eigenvalue weighted by Gasteiger charge is -2.20. The highest BCUT2D eigenvalue weighted by Gasteiger charge is 2.33. The second kappa shape index (κ2) is 6.43. The molecular formula is C12H12ClF3O4. The van der Waals surface area contributed by atoms with E-state index in [4.69, 9.17) is 16.7 Å². The predicted molar refractivity (Wildman–Crippen MR) is 64.7 cm³/mol. The predicted octanol–water partition coefficient (Wildman–Crippen LogP) is 2.43. The maximum Gasteiger partial charge on any atom is 0.416 e. The number of halogens is 4. The standard InChI is InChI=1S/C12H12ClF3O4/c13-4-3-9(17)10(18)8-5-6(12(14,15)16)1-2-7(8)11(19)20/h1-2,5,9-10,17-18H,3-4H2,(H,19,20). The summed E-state index contributed by atoms with van der Waals surface area (Å²) in [7, 11) is 0. The van der Waals surface area contributed by atoms with Gasteiger partial charge in [-0.2, -0.15) is 13.2 Å². The SMILES string of the molecule is O=C(O)c1ccc(C(F)(F)F)cc1C(O)C(O)CCCl. The van der Waals surface area contributed by atoms with Gasteiger partial charge in [-0.1, -0.05) is 0 Å². The first kappa shape index (κ1) is 16.7. The fourth-order valence-corrected chi connectivity index (χ4v) is 1.88. The van der Waals surface area contributed by atoms with Crippen LogP contribution in [0.25, 0.3) is 0 Å². The summed E-state index contributed by atoms with van der Waals surface area (Å²) in [5.41, 5.74) is -2.10. The topological polar surface area (TPSA) is 77.8 Å². The Morgan fingerprint density at radius 1 is 1.30 bits per heavy atom. The van der Waals surface area contributed by atoms with Crippen LogP contribution in [0.15, 0.2) is 18.2 Å². The number of aliphatic hydroxyl groups is 2. The lowest BCUT2D eigenvalue weighted by molar-refractivity contribution is -0.137. The first-order valence-corrected chi connectivity index (χ1v) is 6.08. The van der Waals surface area contributed by atoms with Crippen LogP contribution in [0, 0.1) is 0 Å². The molecule has 0 amide bonds. The largest absolute Gasteiger partial charge is 0.478 e. The van der Waals surface area contributed by atoms with Crippen molar-refractivity contribution in [3.05, 3.63) is 34.9 Å². The Kier molecular flexibility index (Phi) is 5.38. The molecule has 2 unspecified atom stereocenters. The minimum Gasteiger partial charge on any atom is -0.478 e. The highest BCUT2D eigenvalue weighted by molar-refractivity contribution is 6.17. The molecule has 0 spiro atoms. The van der Waals surface area contributed by atoms with Crippen molar-refractivity contribution in [2.75, 3.05) is 5.88 Å². The summed E-state index contributed by atoms with van der Waals surface area (Å²) in [5.74, 6) is -1.52. The second-order valence-corrected chi connectivity index (χ2v) is 4.47. The fourth-order valence-electron chi connectivity index (χ4n) is 1.66. The molecule has 0 saturated carbocycles. The van der Waals surface area contributed by atoms with Gasteiger partial charge in [0, 0.05) is 5.88 Å². The Bertz CT molecular complexity index is 490. The van der Waals surface area contributed by atoms with E-state index >= 15 is 0 Å². The van der Waals surface area contributed by atoms with Crippen molar-refractivity contribution in [3.8, 4) is 0 Å². The van der Waals surface area contributed by atoms with Crippen molar-refractivity contribution in [3.63, 3.8) is 0 Å². The van der Waals surface area contributed by atoms with Crippen LogP contribution in [-0.4, -0.2) is 33.3 Å². The second-order valence-electron chi connectivity index (χ2n) is 4.09. The van der Waals surface area contributed by atoms with E-state index in [1.165, 1.54) is 0 Å². The van der Waals surface area contributed by atoms with Gasteiger partial charge in [-0.15, -0.1) is 11.6 Å². The normalized spacial score (nSPS) is 14.9. The van der Waals surface area contributed by atoms with E-state index in [9.17, 15) is 28.2 Å². The highest BCUT2D eigenvalue weighted by atomic mass is 35.5. The summed E-state index contributed by atoms with van der Waals surface area (Å²) in [5, 5.41) is 28.3. The Morgan fingerprint density at radius 3 is 2.35 bits per heavy atom. The monoisotopic (exact) mass is 312 g/mol. The number of rotatable bonds is 5. The molecule has 4 nitrogen and oxygen atoms in total. The lowest BCUT2D eigenvalue weighted by Crippen LogP contribution is -2.22. The van der Waals surface area contributed by atoms with Gasteiger partial charge in [0.25, 0.3) is 0 Å². The molecule has 2 atom stereocenters. The van der Waals surface area contributed by atoms with Crippen LogP contribution in [0.2, 0.25) is 0 Å². The number of aliphatic hydroxyl groups excluding tert-OH is 2. The molecule has 0 aliphatic heterocycles. The van der Waals surface area contributed by atoms with Gasteiger partial charge in [-0.3, -0.25) is 0 Å². The van der Waals surface area contributed by atoms with Crippen LogP contribution in [0.4, 0.5) is 13.2 Å². The molecular weight excluding hydrogens is 301 g/mol. The van der Waals surface area contributed by atoms with Crippen LogP contribution < -0.4 is 0 Å². The van der Waals surface area contributed by atoms with Gasteiger partial charge in [0.05, 0.1) is 17.2 Å². The summed E-state index contributed by atoms with van der Waals surface area (Å²) in [6, 6.07) is 1.87. The average molecular weight is 313 g/mol. The number of benzene rings is 1. The summed E-state index contributed by atoms with van der Waals surface area (Å²) in [6.45, 7) is 0. The smallest absolute Gasteiger partial charge is 0.416 e. The van der Waals surface area contributed by atoms with Crippen molar-refractivity contribution >= 4 is 17.6 Å².